The standard InChI is InChI=1S/C15H20N2O5/c1-20-15(21-2)9-16-13(18)7-8-17-11-5-3-4-6-12(11)22-10-14(17)19/h3-6,15H,7-10H2,1-2H3,(H,16,18). The van der Waals surface area contributed by atoms with E-state index in [9.17, 15) is 9.59 Å². The summed E-state index contributed by atoms with van der Waals surface area (Å²) in [6.45, 7) is 0.559. The van der Waals surface area contributed by atoms with Crippen molar-refractivity contribution in [3.63, 3.8) is 0 Å². The topological polar surface area (TPSA) is 77.1 Å². The number of ether oxygens (including phenoxy) is 3. The minimum atomic E-state index is -0.477. The summed E-state index contributed by atoms with van der Waals surface area (Å²) in [5.74, 6) is 0.329. The van der Waals surface area contributed by atoms with Crippen molar-refractivity contribution < 1.29 is 23.8 Å². The number of benzene rings is 1. The number of hydrogen-bond donors (Lipinski definition) is 1. The van der Waals surface area contributed by atoms with Crippen molar-refractivity contribution in [1.82, 2.24) is 5.32 Å². The van der Waals surface area contributed by atoms with Crippen LogP contribution in [0, 0.1) is 0 Å². The quantitative estimate of drug-likeness (QED) is 0.744. The van der Waals surface area contributed by atoms with Crippen LogP contribution in [0.25, 0.3) is 0 Å². The highest BCUT2D eigenvalue weighted by Crippen LogP contribution is 2.31. The maximum atomic E-state index is 12.0. The first-order chi connectivity index (χ1) is 10.7. The van der Waals surface area contributed by atoms with Crippen LogP contribution in [-0.4, -0.2) is 52.0 Å². The SMILES string of the molecule is COC(CNC(=O)CCN1C(=O)COc2ccccc21)OC. The molecule has 1 aromatic carbocycles. The van der Waals surface area contributed by atoms with Gasteiger partial charge in [0, 0.05) is 27.2 Å². The Labute approximate surface area is 129 Å². The fourth-order valence-corrected chi connectivity index (χ4v) is 2.16. The molecule has 7 heteroatoms. The van der Waals surface area contributed by atoms with E-state index in [0.29, 0.717) is 18.0 Å². The van der Waals surface area contributed by atoms with Crippen molar-refractivity contribution in [2.45, 2.75) is 12.7 Å². The lowest BCUT2D eigenvalue weighted by atomic mass is 10.2. The molecule has 0 unspecified atom stereocenters. The Morgan fingerprint density at radius 1 is 1.36 bits per heavy atom. The van der Waals surface area contributed by atoms with E-state index in [2.05, 4.69) is 5.32 Å². The second-order valence-electron chi connectivity index (χ2n) is 4.76. The minimum absolute atomic E-state index is 0.00590. The largest absolute Gasteiger partial charge is 0.482 e. The first kappa shape index (κ1) is 16.3. The molecule has 120 valence electrons. The van der Waals surface area contributed by atoms with Crippen LogP contribution in [0.2, 0.25) is 0 Å². The summed E-state index contributed by atoms with van der Waals surface area (Å²) in [6.07, 6.45) is -0.282. The maximum Gasteiger partial charge on any atom is 0.265 e. The van der Waals surface area contributed by atoms with Crippen LogP contribution >= 0.6 is 0 Å². The van der Waals surface area contributed by atoms with Crippen molar-refractivity contribution in [3.8, 4) is 5.75 Å². The number of para-hydroxylation sites is 2. The highest BCUT2D eigenvalue weighted by Gasteiger charge is 2.25. The summed E-state index contributed by atoms with van der Waals surface area (Å²) in [7, 11) is 3.01. The fraction of sp³-hybridized carbons (Fsp3) is 0.467. The normalized spacial score (nSPS) is 13.8. The lowest BCUT2D eigenvalue weighted by molar-refractivity contribution is -0.127. The predicted molar refractivity (Wildman–Crippen MR) is 79.7 cm³/mol. The fourth-order valence-electron chi connectivity index (χ4n) is 2.16. The summed E-state index contributed by atoms with van der Waals surface area (Å²) in [4.78, 5) is 25.4. The number of methoxy groups -OCH3 is 2. The number of nitrogens with one attached hydrogen (secondary N) is 1. The molecule has 1 N–H and O–H groups in total. The smallest absolute Gasteiger partial charge is 0.265 e. The van der Waals surface area contributed by atoms with E-state index in [0.717, 1.165) is 0 Å². The van der Waals surface area contributed by atoms with E-state index in [4.69, 9.17) is 14.2 Å². The molecule has 1 aromatic rings. The van der Waals surface area contributed by atoms with E-state index in [1.807, 2.05) is 12.1 Å². The molecule has 0 saturated carbocycles. The molecule has 0 bridgehead atoms. The van der Waals surface area contributed by atoms with Gasteiger partial charge in [-0.05, 0) is 12.1 Å². The van der Waals surface area contributed by atoms with Gasteiger partial charge in [-0.3, -0.25) is 9.59 Å². The molecule has 0 spiro atoms. The number of carbonyl (C=O) groups is 2. The van der Waals surface area contributed by atoms with Crippen LogP contribution in [0.15, 0.2) is 24.3 Å². The molecule has 0 aliphatic carbocycles. The third-order valence-corrected chi connectivity index (χ3v) is 3.36. The number of fused-ring (bicyclic) bond motifs is 1. The summed E-state index contributed by atoms with van der Waals surface area (Å²) >= 11 is 0. The van der Waals surface area contributed by atoms with Crippen molar-refractivity contribution >= 4 is 17.5 Å². The van der Waals surface area contributed by atoms with Crippen molar-refractivity contribution in [1.29, 1.82) is 0 Å². The van der Waals surface area contributed by atoms with Gasteiger partial charge in [-0.1, -0.05) is 12.1 Å². The number of nitrogens with zero attached hydrogens (tertiary/aromatic N) is 1. The maximum absolute atomic E-state index is 12.0. The van der Waals surface area contributed by atoms with Gasteiger partial charge in [-0.15, -0.1) is 0 Å². The number of hydrogen-bond acceptors (Lipinski definition) is 5. The Bertz CT molecular complexity index is 530. The predicted octanol–water partition coefficient (Wildman–Crippen LogP) is 0.537. The summed E-state index contributed by atoms with van der Waals surface area (Å²) in [5, 5.41) is 2.70. The average molecular weight is 308 g/mol. The van der Waals surface area contributed by atoms with E-state index in [1.165, 1.54) is 14.2 Å². The van der Waals surface area contributed by atoms with E-state index in [1.54, 1.807) is 17.0 Å². The summed E-state index contributed by atoms with van der Waals surface area (Å²) in [5.41, 5.74) is 0.693. The zero-order valence-electron chi connectivity index (χ0n) is 12.7. The van der Waals surface area contributed by atoms with Gasteiger partial charge >= 0.3 is 0 Å². The van der Waals surface area contributed by atoms with Crippen LogP contribution in [-0.2, 0) is 19.1 Å². The monoisotopic (exact) mass is 308 g/mol. The number of carbonyl (C=O) groups excluding carboxylic acids is 2. The Kier molecular flexibility index (Phi) is 5.74. The Morgan fingerprint density at radius 2 is 2.09 bits per heavy atom. The van der Waals surface area contributed by atoms with Crippen LogP contribution in [0.4, 0.5) is 5.69 Å². The number of amides is 2. The first-order valence-corrected chi connectivity index (χ1v) is 7.00. The summed E-state index contributed by atoms with van der Waals surface area (Å²) in [6, 6.07) is 7.28. The Hall–Kier alpha value is -2.12. The molecule has 0 atom stereocenters. The highest BCUT2D eigenvalue weighted by atomic mass is 16.7. The average Bonchev–Trinajstić information content (AvgIpc) is 2.55. The van der Waals surface area contributed by atoms with Gasteiger partial charge < -0.3 is 24.4 Å². The molecule has 7 nitrogen and oxygen atoms in total. The van der Waals surface area contributed by atoms with Gasteiger partial charge in [-0.2, -0.15) is 0 Å². The molecule has 0 aromatic heterocycles. The van der Waals surface area contributed by atoms with Crippen molar-refractivity contribution in [2.75, 3.05) is 38.8 Å². The van der Waals surface area contributed by atoms with Crippen molar-refractivity contribution in [2.24, 2.45) is 0 Å². The zero-order valence-corrected chi connectivity index (χ0v) is 12.7. The molecule has 1 heterocycles. The van der Waals surface area contributed by atoms with Crippen LogP contribution < -0.4 is 15.0 Å². The molecule has 1 aliphatic heterocycles. The number of rotatable bonds is 7. The molecule has 0 saturated heterocycles. The minimum Gasteiger partial charge on any atom is -0.482 e. The van der Waals surface area contributed by atoms with Gasteiger partial charge in [0.25, 0.3) is 5.91 Å². The van der Waals surface area contributed by atoms with Gasteiger partial charge in [-0.25, -0.2) is 0 Å². The van der Waals surface area contributed by atoms with Gasteiger partial charge in [0.15, 0.2) is 12.9 Å². The van der Waals surface area contributed by atoms with E-state index >= 15 is 0 Å². The van der Waals surface area contributed by atoms with Gasteiger partial charge in [0.2, 0.25) is 5.91 Å². The molecular weight excluding hydrogens is 288 g/mol. The molecule has 0 radical (unpaired) electrons. The van der Waals surface area contributed by atoms with Crippen molar-refractivity contribution in [3.05, 3.63) is 24.3 Å². The lowest BCUT2D eigenvalue weighted by Gasteiger charge is -2.29. The lowest BCUT2D eigenvalue weighted by Crippen LogP contribution is -2.42. The van der Waals surface area contributed by atoms with Crippen LogP contribution in [0.3, 0.4) is 0 Å². The van der Waals surface area contributed by atoms with E-state index in [-0.39, 0.29) is 31.4 Å². The molecule has 2 rings (SSSR count). The van der Waals surface area contributed by atoms with Crippen LogP contribution in [0.1, 0.15) is 6.42 Å². The number of anilines is 1. The second kappa shape index (κ2) is 7.77. The van der Waals surface area contributed by atoms with Gasteiger partial charge in [0.1, 0.15) is 5.75 Å². The van der Waals surface area contributed by atoms with Gasteiger partial charge in [0.05, 0.1) is 12.2 Å². The Morgan fingerprint density at radius 3 is 2.82 bits per heavy atom. The summed E-state index contributed by atoms with van der Waals surface area (Å²) < 4.78 is 15.3. The third kappa shape index (κ3) is 3.96. The molecular formula is C15H20N2O5. The molecule has 2 amide bonds. The zero-order chi connectivity index (χ0) is 15.9. The van der Waals surface area contributed by atoms with Crippen LogP contribution in [0.5, 0.6) is 5.75 Å². The Balaban J connectivity index is 1.88. The highest BCUT2D eigenvalue weighted by molar-refractivity contribution is 5.98. The third-order valence-electron chi connectivity index (χ3n) is 3.36. The molecule has 1 aliphatic rings. The second-order valence-corrected chi connectivity index (χ2v) is 4.76. The van der Waals surface area contributed by atoms with E-state index < -0.39 is 6.29 Å². The molecule has 22 heavy (non-hydrogen) atoms. The first-order valence-electron chi connectivity index (χ1n) is 7.00. The molecule has 0 fully saturated rings.